The maximum absolute atomic E-state index is 13.6. The molecule has 0 aromatic rings. The van der Waals surface area contributed by atoms with E-state index in [2.05, 4.69) is 46.8 Å². The van der Waals surface area contributed by atoms with Crippen LogP contribution in [-0.4, -0.2) is 94.1 Å². The molecular formula is C37H60O9. The van der Waals surface area contributed by atoms with Crippen molar-refractivity contribution >= 4 is 6.29 Å². The average Bonchev–Trinajstić information content (AvgIpc) is 3.28. The molecule has 0 radical (unpaired) electrons. The average molecular weight is 649 g/mol. The molecule has 1 heterocycles. The number of aliphatic hydroxyl groups is 5. The fourth-order valence-corrected chi connectivity index (χ4v) is 11.0. The number of aliphatic hydroxyl groups excluding tert-OH is 4. The smallest absolute Gasteiger partial charge is 0.187 e. The first-order chi connectivity index (χ1) is 21.4. The van der Waals surface area contributed by atoms with Crippen LogP contribution in [0.2, 0.25) is 0 Å². The Kier molecular flexibility index (Phi) is 9.91. The van der Waals surface area contributed by atoms with Crippen molar-refractivity contribution in [1.82, 2.24) is 0 Å². The summed E-state index contributed by atoms with van der Waals surface area (Å²) in [6, 6.07) is 0. The third-order valence-corrected chi connectivity index (χ3v) is 13.8. The van der Waals surface area contributed by atoms with Crippen LogP contribution in [0.1, 0.15) is 93.4 Å². The Bertz CT molecular complexity index is 1170. The van der Waals surface area contributed by atoms with Crippen molar-refractivity contribution in [3.8, 4) is 0 Å². The van der Waals surface area contributed by atoms with Gasteiger partial charge in [-0.1, -0.05) is 58.4 Å². The van der Waals surface area contributed by atoms with E-state index < -0.39 is 59.8 Å². The number of ether oxygens (including phenoxy) is 3. The highest BCUT2D eigenvalue weighted by Gasteiger charge is 2.71. The van der Waals surface area contributed by atoms with E-state index in [4.69, 9.17) is 14.2 Å². The Labute approximate surface area is 275 Å². The molecule has 5 unspecified atom stereocenters. The second-order valence-corrected chi connectivity index (χ2v) is 17.0. The van der Waals surface area contributed by atoms with Crippen LogP contribution in [0.5, 0.6) is 0 Å². The van der Waals surface area contributed by atoms with Crippen molar-refractivity contribution in [2.45, 2.75) is 142 Å². The van der Waals surface area contributed by atoms with Gasteiger partial charge in [0.25, 0.3) is 0 Å². The molecule has 4 aliphatic carbocycles. The number of carbonyl (C=O) groups excluding carboxylic acids is 1. The summed E-state index contributed by atoms with van der Waals surface area (Å²) >= 11 is 0. The van der Waals surface area contributed by atoms with Crippen LogP contribution in [0.15, 0.2) is 23.8 Å². The first-order valence-electron chi connectivity index (χ1n) is 17.5. The van der Waals surface area contributed by atoms with Gasteiger partial charge in [0.05, 0.1) is 24.4 Å². The monoisotopic (exact) mass is 648 g/mol. The van der Waals surface area contributed by atoms with Crippen LogP contribution < -0.4 is 0 Å². The van der Waals surface area contributed by atoms with Gasteiger partial charge < -0.3 is 44.5 Å². The van der Waals surface area contributed by atoms with Gasteiger partial charge in [-0.3, -0.25) is 0 Å². The number of rotatable bonds is 9. The van der Waals surface area contributed by atoms with Crippen molar-refractivity contribution in [2.75, 3.05) is 13.7 Å². The van der Waals surface area contributed by atoms with Crippen molar-refractivity contribution < 1.29 is 44.5 Å². The SMILES string of the molecule is COC1C=C2C(CC[C@H](OC3O[C@H](CO)[C@@H](O)[C@@H](O)[C@H]3O)C2(C)C)[C@]2(C=O)CC[C@]3(C)C([C@H](C)C/C=C/C(C)(C)O)CC[C@@]3(C)C12. The maximum atomic E-state index is 13.6. The van der Waals surface area contributed by atoms with Gasteiger partial charge in [-0.2, -0.15) is 0 Å². The lowest BCUT2D eigenvalue weighted by atomic mass is 9.38. The van der Waals surface area contributed by atoms with E-state index in [1.807, 2.05) is 6.08 Å². The van der Waals surface area contributed by atoms with Crippen LogP contribution in [0.4, 0.5) is 0 Å². The van der Waals surface area contributed by atoms with E-state index in [0.29, 0.717) is 18.3 Å². The van der Waals surface area contributed by atoms with Gasteiger partial charge in [0.15, 0.2) is 6.29 Å². The predicted molar refractivity (Wildman–Crippen MR) is 173 cm³/mol. The minimum atomic E-state index is -1.51. The molecule has 1 aliphatic heterocycles. The zero-order valence-corrected chi connectivity index (χ0v) is 29.2. The summed E-state index contributed by atoms with van der Waals surface area (Å²) in [6.45, 7) is 14.5. The number of aldehydes is 1. The van der Waals surface area contributed by atoms with Crippen LogP contribution in [0, 0.1) is 45.3 Å². The Hall–Kier alpha value is -1.17. The third-order valence-electron chi connectivity index (χ3n) is 13.8. The molecule has 5 aliphatic rings. The molecule has 4 fully saturated rings. The van der Waals surface area contributed by atoms with Gasteiger partial charge in [-0.05, 0) is 87.4 Å². The molecule has 5 N–H and O–H groups in total. The van der Waals surface area contributed by atoms with E-state index in [1.54, 1.807) is 21.0 Å². The van der Waals surface area contributed by atoms with E-state index >= 15 is 0 Å². The molecule has 46 heavy (non-hydrogen) atoms. The van der Waals surface area contributed by atoms with E-state index in [1.165, 1.54) is 6.29 Å². The minimum absolute atomic E-state index is 0.0258. The summed E-state index contributed by atoms with van der Waals surface area (Å²) in [5.74, 6) is 0.992. The summed E-state index contributed by atoms with van der Waals surface area (Å²) in [7, 11) is 1.75. The van der Waals surface area contributed by atoms with Gasteiger partial charge >= 0.3 is 0 Å². The Morgan fingerprint density at radius 1 is 1.02 bits per heavy atom. The highest BCUT2D eigenvalue weighted by atomic mass is 16.7. The molecule has 262 valence electrons. The molecule has 5 rings (SSSR count). The number of fused-ring (bicyclic) bond motifs is 5. The molecule has 9 nitrogen and oxygen atoms in total. The second kappa shape index (κ2) is 12.6. The number of methoxy groups -OCH3 is 1. The lowest BCUT2D eigenvalue weighted by Crippen LogP contribution is -2.65. The lowest BCUT2D eigenvalue weighted by molar-refractivity contribution is -0.320. The molecule has 14 atom stereocenters. The Morgan fingerprint density at radius 3 is 2.33 bits per heavy atom. The normalized spacial score (nSPS) is 47.9. The van der Waals surface area contributed by atoms with Gasteiger partial charge in [0, 0.05) is 23.9 Å². The summed E-state index contributed by atoms with van der Waals surface area (Å²) in [5, 5.41) is 51.2. The van der Waals surface area contributed by atoms with Crippen molar-refractivity contribution in [2.24, 2.45) is 45.3 Å². The number of carbonyl (C=O) groups is 1. The van der Waals surface area contributed by atoms with Gasteiger partial charge in [-0.15, -0.1) is 0 Å². The summed E-state index contributed by atoms with van der Waals surface area (Å²) in [4.78, 5) is 13.6. The van der Waals surface area contributed by atoms with E-state index in [9.17, 15) is 30.3 Å². The zero-order chi connectivity index (χ0) is 34.0. The van der Waals surface area contributed by atoms with Gasteiger partial charge in [0.2, 0.25) is 0 Å². The minimum Gasteiger partial charge on any atom is -0.394 e. The largest absolute Gasteiger partial charge is 0.394 e. The number of hydrogen-bond donors (Lipinski definition) is 5. The van der Waals surface area contributed by atoms with Crippen molar-refractivity contribution in [3.05, 3.63) is 23.8 Å². The Balaban J connectivity index is 1.45. The summed E-state index contributed by atoms with van der Waals surface area (Å²) in [6.07, 6.45) is 6.41. The molecule has 0 spiro atoms. The molecule has 0 aromatic carbocycles. The highest BCUT2D eigenvalue weighted by molar-refractivity contribution is 5.65. The fraction of sp³-hybridized carbons (Fsp3) is 0.865. The molecule has 3 saturated carbocycles. The van der Waals surface area contributed by atoms with E-state index in [-0.39, 0.29) is 28.8 Å². The second-order valence-electron chi connectivity index (χ2n) is 17.0. The first kappa shape index (κ1) is 36.1. The quantitative estimate of drug-likeness (QED) is 0.185. The molecule has 9 heteroatoms. The van der Waals surface area contributed by atoms with Crippen molar-refractivity contribution in [3.63, 3.8) is 0 Å². The topological polar surface area (TPSA) is 146 Å². The predicted octanol–water partition coefficient (Wildman–Crippen LogP) is 3.93. The van der Waals surface area contributed by atoms with Crippen LogP contribution >= 0.6 is 0 Å². The standard InChI is InChI=1S/C37H60O9/c1-21(10-9-14-33(2,3)43)22-13-15-36(7)31-25(44-8)18-24-23(37(31,20-39)17-16-35(22,36)6)11-12-27(34(24,4)5)46-32-30(42)29(41)28(40)26(19-38)45-32/h9,14,18,20-23,25-32,38,40-43H,10-13,15-17,19H2,1-8H3/b14-9+/t21-,22?,23?,25?,26-,27+,28-,29-,30-,31?,32?,35-,36+,37-/m1/s1. The molecule has 0 aromatic heterocycles. The highest BCUT2D eigenvalue weighted by Crippen LogP contribution is 2.75. The van der Waals surface area contributed by atoms with Crippen LogP contribution in [0.25, 0.3) is 0 Å². The summed E-state index contributed by atoms with van der Waals surface area (Å²) < 4.78 is 18.4. The molecular weight excluding hydrogens is 588 g/mol. The number of allylic oxidation sites excluding steroid dienone is 1. The van der Waals surface area contributed by atoms with Gasteiger partial charge in [0.1, 0.15) is 30.7 Å². The molecule has 0 bridgehead atoms. The zero-order valence-electron chi connectivity index (χ0n) is 29.2. The lowest BCUT2D eigenvalue weighted by Gasteiger charge is -2.66. The van der Waals surface area contributed by atoms with Crippen LogP contribution in [-0.2, 0) is 19.0 Å². The number of hydrogen-bond acceptors (Lipinski definition) is 9. The molecule has 1 saturated heterocycles. The first-order valence-corrected chi connectivity index (χ1v) is 17.5. The third kappa shape index (κ3) is 5.59. The summed E-state index contributed by atoms with van der Waals surface area (Å²) in [5.41, 5.74) is -0.888. The molecule has 0 amide bonds. The van der Waals surface area contributed by atoms with Gasteiger partial charge in [-0.25, -0.2) is 0 Å². The maximum Gasteiger partial charge on any atom is 0.187 e. The van der Waals surface area contributed by atoms with Crippen LogP contribution in [0.3, 0.4) is 0 Å². The van der Waals surface area contributed by atoms with E-state index in [0.717, 1.165) is 44.1 Å². The fourth-order valence-electron chi connectivity index (χ4n) is 11.0. The van der Waals surface area contributed by atoms with Crippen molar-refractivity contribution in [1.29, 1.82) is 0 Å². The Morgan fingerprint density at radius 2 is 1.72 bits per heavy atom.